The first-order valence-corrected chi connectivity index (χ1v) is 6.97. The average Bonchev–Trinajstić information content (AvgIpc) is 2.93. The van der Waals surface area contributed by atoms with Gasteiger partial charge in [-0.15, -0.1) is 11.3 Å². The first-order valence-electron chi connectivity index (χ1n) is 6.16. The molecule has 0 saturated heterocycles. The molecule has 1 N–H and O–H groups in total. The molecule has 0 spiro atoms. The van der Waals surface area contributed by atoms with Crippen molar-refractivity contribution in [1.29, 1.82) is 0 Å². The number of thiophene rings is 1. The molecular weight excluding hydrogens is 244 g/mol. The predicted molar refractivity (Wildman–Crippen MR) is 73.5 cm³/mol. The van der Waals surface area contributed by atoms with Crippen molar-refractivity contribution in [1.82, 2.24) is 0 Å². The van der Waals surface area contributed by atoms with Gasteiger partial charge in [-0.25, -0.2) is 0 Å². The predicted octanol–water partition coefficient (Wildman–Crippen LogP) is 3.38. The molecule has 18 heavy (non-hydrogen) atoms. The van der Waals surface area contributed by atoms with Gasteiger partial charge in [0.15, 0.2) is 0 Å². The Morgan fingerprint density at radius 1 is 1.28 bits per heavy atom. The Balaban J connectivity index is 1.97. The van der Waals surface area contributed by atoms with E-state index in [-0.39, 0.29) is 0 Å². The van der Waals surface area contributed by atoms with E-state index in [1.165, 1.54) is 15.3 Å². The molecule has 0 radical (unpaired) electrons. The zero-order chi connectivity index (χ0) is 12.7. The van der Waals surface area contributed by atoms with Gasteiger partial charge in [0.2, 0.25) is 0 Å². The van der Waals surface area contributed by atoms with Gasteiger partial charge in [0, 0.05) is 16.2 Å². The molecule has 1 aliphatic rings. The third-order valence-electron chi connectivity index (χ3n) is 3.40. The molecule has 3 heteroatoms. The average molecular weight is 260 g/mol. The van der Waals surface area contributed by atoms with Gasteiger partial charge in [-0.3, -0.25) is 0 Å². The van der Waals surface area contributed by atoms with Crippen molar-refractivity contribution in [3.05, 3.63) is 50.7 Å². The molecule has 2 nitrogen and oxygen atoms in total. The van der Waals surface area contributed by atoms with Crippen LogP contribution in [0.3, 0.4) is 0 Å². The number of benzene rings is 1. The van der Waals surface area contributed by atoms with Crippen molar-refractivity contribution in [3.8, 4) is 5.75 Å². The summed E-state index contributed by atoms with van der Waals surface area (Å²) in [6.45, 7) is 4.89. The van der Waals surface area contributed by atoms with Crippen molar-refractivity contribution in [2.45, 2.75) is 26.4 Å². The second-order valence-corrected chi connectivity index (χ2v) is 6.20. The second-order valence-electron chi connectivity index (χ2n) is 4.74. The van der Waals surface area contributed by atoms with Crippen LogP contribution in [-0.2, 0) is 6.42 Å². The molecule has 0 aliphatic carbocycles. The standard InChI is InChI=1S/C15H16O2S/c1-9-7-13(10(2)18-9)15(16)12-3-4-14-11(8-12)5-6-17-14/h3-4,7-8,15-16H,5-6H2,1-2H3. The fourth-order valence-electron chi connectivity index (χ4n) is 2.48. The Morgan fingerprint density at radius 2 is 2.11 bits per heavy atom. The Hall–Kier alpha value is -1.32. The number of aliphatic hydroxyl groups excluding tert-OH is 1. The summed E-state index contributed by atoms with van der Waals surface area (Å²) in [5.74, 6) is 0.962. The summed E-state index contributed by atoms with van der Waals surface area (Å²) in [5, 5.41) is 10.5. The molecule has 3 rings (SSSR count). The van der Waals surface area contributed by atoms with Crippen LogP contribution in [0.2, 0.25) is 0 Å². The van der Waals surface area contributed by atoms with Crippen LogP contribution < -0.4 is 4.74 Å². The lowest BCUT2D eigenvalue weighted by molar-refractivity contribution is 0.220. The van der Waals surface area contributed by atoms with Crippen molar-refractivity contribution in [2.75, 3.05) is 6.61 Å². The summed E-state index contributed by atoms with van der Waals surface area (Å²) < 4.78 is 5.49. The minimum atomic E-state index is -0.527. The molecule has 0 saturated carbocycles. The van der Waals surface area contributed by atoms with Crippen molar-refractivity contribution in [3.63, 3.8) is 0 Å². The zero-order valence-electron chi connectivity index (χ0n) is 10.6. The molecule has 1 atom stereocenters. The summed E-state index contributed by atoms with van der Waals surface area (Å²) >= 11 is 1.73. The molecule has 0 bridgehead atoms. The normalized spacial score (nSPS) is 15.3. The Labute approximate surface area is 111 Å². The Bertz CT molecular complexity index is 586. The summed E-state index contributed by atoms with van der Waals surface area (Å²) in [6.07, 6.45) is 0.415. The summed E-state index contributed by atoms with van der Waals surface area (Å²) in [7, 11) is 0. The Kier molecular flexibility index (Phi) is 2.88. The zero-order valence-corrected chi connectivity index (χ0v) is 11.4. The molecule has 1 aromatic heterocycles. The fourth-order valence-corrected chi connectivity index (χ4v) is 3.44. The van der Waals surface area contributed by atoms with Crippen LogP contribution in [0.25, 0.3) is 0 Å². The van der Waals surface area contributed by atoms with Gasteiger partial charge < -0.3 is 9.84 Å². The summed E-state index contributed by atoms with van der Waals surface area (Å²) in [4.78, 5) is 2.43. The van der Waals surface area contributed by atoms with E-state index in [1.807, 2.05) is 12.1 Å². The van der Waals surface area contributed by atoms with Crippen LogP contribution in [-0.4, -0.2) is 11.7 Å². The van der Waals surface area contributed by atoms with Gasteiger partial charge >= 0.3 is 0 Å². The first kappa shape index (κ1) is 11.8. The molecule has 94 valence electrons. The molecule has 0 fully saturated rings. The van der Waals surface area contributed by atoms with Gasteiger partial charge in [0.05, 0.1) is 6.61 Å². The number of aliphatic hydroxyl groups is 1. The number of aryl methyl sites for hydroxylation is 2. The van der Waals surface area contributed by atoms with E-state index < -0.39 is 6.10 Å². The van der Waals surface area contributed by atoms with Gasteiger partial charge in [-0.05, 0) is 48.7 Å². The van der Waals surface area contributed by atoms with E-state index in [9.17, 15) is 5.11 Å². The SMILES string of the molecule is Cc1cc(C(O)c2ccc3c(c2)CCO3)c(C)s1. The van der Waals surface area contributed by atoms with Crippen molar-refractivity contribution >= 4 is 11.3 Å². The monoisotopic (exact) mass is 260 g/mol. The lowest BCUT2D eigenvalue weighted by Gasteiger charge is -2.12. The van der Waals surface area contributed by atoms with Crippen LogP contribution >= 0.6 is 11.3 Å². The highest BCUT2D eigenvalue weighted by Crippen LogP contribution is 2.34. The van der Waals surface area contributed by atoms with Crippen LogP contribution in [0.5, 0.6) is 5.75 Å². The number of ether oxygens (including phenoxy) is 1. The third-order valence-corrected chi connectivity index (χ3v) is 4.38. The maximum absolute atomic E-state index is 10.5. The molecule has 0 amide bonds. The van der Waals surface area contributed by atoms with Crippen molar-refractivity contribution < 1.29 is 9.84 Å². The molecule has 2 heterocycles. The number of fused-ring (bicyclic) bond motifs is 1. The van der Waals surface area contributed by atoms with E-state index in [2.05, 4.69) is 26.0 Å². The van der Waals surface area contributed by atoms with Crippen LogP contribution in [0.15, 0.2) is 24.3 Å². The Morgan fingerprint density at radius 3 is 2.83 bits per heavy atom. The largest absolute Gasteiger partial charge is 0.493 e. The summed E-state index contributed by atoms with van der Waals surface area (Å²) in [6, 6.07) is 8.07. The highest BCUT2D eigenvalue weighted by molar-refractivity contribution is 7.12. The van der Waals surface area contributed by atoms with E-state index in [0.29, 0.717) is 0 Å². The smallest absolute Gasteiger partial charge is 0.122 e. The molecule has 1 unspecified atom stereocenters. The highest BCUT2D eigenvalue weighted by Gasteiger charge is 2.18. The van der Waals surface area contributed by atoms with Crippen LogP contribution in [0, 0.1) is 13.8 Å². The van der Waals surface area contributed by atoms with E-state index in [4.69, 9.17) is 4.74 Å². The van der Waals surface area contributed by atoms with E-state index >= 15 is 0 Å². The molecule has 1 aliphatic heterocycles. The lowest BCUT2D eigenvalue weighted by atomic mass is 9.99. The molecule has 2 aromatic rings. The van der Waals surface area contributed by atoms with Crippen LogP contribution in [0.4, 0.5) is 0 Å². The quantitative estimate of drug-likeness (QED) is 0.897. The molecule has 1 aromatic carbocycles. The van der Waals surface area contributed by atoms with Gasteiger partial charge in [-0.1, -0.05) is 6.07 Å². The van der Waals surface area contributed by atoms with Gasteiger partial charge in [-0.2, -0.15) is 0 Å². The minimum absolute atomic E-state index is 0.527. The maximum atomic E-state index is 10.5. The first-order chi connectivity index (χ1) is 8.65. The third kappa shape index (κ3) is 1.93. The topological polar surface area (TPSA) is 29.5 Å². The van der Waals surface area contributed by atoms with Crippen molar-refractivity contribution in [2.24, 2.45) is 0 Å². The van der Waals surface area contributed by atoms with Gasteiger partial charge in [0.25, 0.3) is 0 Å². The summed E-state index contributed by atoms with van der Waals surface area (Å²) in [5.41, 5.74) is 3.19. The lowest BCUT2D eigenvalue weighted by Crippen LogP contribution is -2.00. The van der Waals surface area contributed by atoms with Crippen LogP contribution in [0.1, 0.15) is 32.5 Å². The highest BCUT2D eigenvalue weighted by atomic mass is 32.1. The van der Waals surface area contributed by atoms with E-state index in [1.54, 1.807) is 11.3 Å². The number of hydrogen-bond donors (Lipinski definition) is 1. The second kappa shape index (κ2) is 4.41. The minimum Gasteiger partial charge on any atom is -0.493 e. The van der Waals surface area contributed by atoms with E-state index in [0.717, 1.165) is 29.9 Å². The molecular formula is C15H16O2S. The fraction of sp³-hybridized carbons (Fsp3) is 0.333. The number of hydrogen-bond acceptors (Lipinski definition) is 3. The number of rotatable bonds is 2. The maximum Gasteiger partial charge on any atom is 0.122 e. The van der Waals surface area contributed by atoms with Gasteiger partial charge in [0.1, 0.15) is 11.9 Å².